The number of carbonyl (C=O) groups excluding carboxylic acids is 1. The van der Waals surface area contributed by atoms with Crippen molar-refractivity contribution < 1.29 is 4.79 Å². The van der Waals surface area contributed by atoms with E-state index in [2.05, 4.69) is 26.6 Å². The van der Waals surface area contributed by atoms with Crippen molar-refractivity contribution in [2.24, 2.45) is 0 Å². The Labute approximate surface area is 105 Å². The molecule has 1 aromatic rings. The normalized spacial score (nSPS) is 12.2. The lowest BCUT2D eigenvalue weighted by Gasteiger charge is -2.12. The van der Waals surface area contributed by atoms with E-state index in [9.17, 15) is 4.79 Å². The fourth-order valence-electron chi connectivity index (χ4n) is 1.48. The van der Waals surface area contributed by atoms with E-state index in [4.69, 9.17) is 0 Å². The Bertz CT molecular complexity index is 355. The quantitative estimate of drug-likeness (QED) is 0.873. The van der Waals surface area contributed by atoms with E-state index in [1.165, 1.54) is 0 Å². The number of hydrogen-bond donors (Lipinski definition) is 2. The van der Waals surface area contributed by atoms with Crippen LogP contribution in [-0.2, 0) is 4.79 Å². The predicted molar refractivity (Wildman–Crippen MR) is 70.5 cm³/mol. The summed E-state index contributed by atoms with van der Waals surface area (Å²) >= 11 is 3.36. The minimum Gasteiger partial charge on any atom is -0.326 e. The molecule has 3 nitrogen and oxygen atoms in total. The zero-order valence-corrected chi connectivity index (χ0v) is 11.2. The van der Waals surface area contributed by atoms with Gasteiger partial charge < -0.3 is 10.6 Å². The number of amides is 1. The van der Waals surface area contributed by atoms with Crippen molar-refractivity contribution >= 4 is 27.5 Å². The highest BCUT2D eigenvalue weighted by Crippen LogP contribution is 2.15. The summed E-state index contributed by atoms with van der Waals surface area (Å²) in [5, 5.41) is 6.07. The molecule has 0 heterocycles. The van der Waals surface area contributed by atoms with Gasteiger partial charge in [-0.05, 0) is 31.7 Å². The standard InChI is InChI=1S/C12H17BrN2O/c1-3-14-9(2)7-12(16)15-11-6-4-5-10(13)8-11/h4-6,8-9,14H,3,7H2,1-2H3,(H,15,16). The first-order valence-electron chi connectivity index (χ1n) is 5.40. The monoisotopic (exact) mass is 284 g/mol. The number of benzene rings is 1. The van der Waals surface area contributed by atoms with Gasteiger partial charge in [0.2, 0.25) is 5.91 Å². The molecule has 2 N–H and O–H groups in total. The molecule has 1 unspecified atom stereocenters. The number of carbonyl (C=O) groups is 1. The van der Waals surface area contributed by atoms with Crippen LogP contribution >= 0.6 is 15.9 Å². The smallest absolute Gasteiger partial charge is 0.225 e. The molecule has 0 aliphatic heterocycles. The van der Waals surface area contributed by atoms with Gasteiger partial charge in [0, 0.05) is 22.6 Å². The Kier molecular flexibility index (Phi) is 5.49. The highest BCUT2D eigenvalue weighted by Gasteiger charge is 2.07. The van der Waals surface area contributed by atoms with Gasteiger partial charge in [0.1, 0.15) is 0 Å². The van der Waals surface area contributed by atoms with E-state index in [0.29, 0.717) is 6.42 Å². The summed E-state index contributed by atoms with van der Waals surface area (Å²) in [5.74, 6) is 0.0338. The Balaban J connectivity index is 2.45. The van der Waals surface area contributed by atoms with Gasteiger partial charge in [0.25, 0.3) is 0 Å². The summed E-state index contributed by atoms with van der Waals surface area (Å²) in [5.41, 5.74) is 0.822. The Morgan fingerprint density at radius 2 is 2.25 bits per heavy atom. The first kappa shape index (κ1) is 13.2. The van der Waals surface area contributed by atoms with Crippen molar-refractivity contribution in [2.45, 2.75) is 26.3 Å². The van der Waals surface area contributed by atoms with Gasteiger partial charge >= 0.3 is 0 Å². The number of rotatable bonds is 5. The Hall–Kier alpha value is -0.870. The van der Waals surface area contributed by atoms with E-state index in [1.807, 2.05) is 38.1 Å². The van der Waals surface area contributed by atoms with Crippen molar-refractivity contribution in [1.29, 1.82) is 0 Å². The van der Waals surface area contributed by atoms with Crippen LogP contribution in [0.1, 0.15) is 20.3 Å². The second-order valence-electron chi connectivity index (χ2n) is 3.72. The van der Waals surface area contributed by atoms with Crippen molar-refractivity contribution in [1.82, 2.24) is 5.32 Å². The van der Waals surface area contributed by atoms with Gasteiger partial charge in [-0.3, -0.25) is 4.79 Å². The minimum absolute atomic E-state index is 0.0338. The summed E-state index contributed by atoms with van der Waals surface area (Å²) in [6, 6.07) is 7.79. The third kappa shape index (κ3) is 4.77. The molecule has 0 saturated heterocycles. The number of anilines is 1. The van der Waals surface area contributed by atoms with Crippen LogP contribution < -0.4 is 10.6 Å². The zero-order chi connectivity index (χ0) is 12.0. The molecule has 0 aliphatic carbocycles. The van der Waals surface area contributed by atoms with Crippen LogP contribution in [0.2, 0.25) is 0 Å². The molecule has 0 aliphatic rings. The molecule has 16 heavy (non-hydrogen) atoms. The SMILES string of the molecule is CCNC(C)CC(=O)Nc1cccc(Br)c1. The molecule has 88 valence electrons. The minimum atomic E-state index is 0.0338. The summed E-state index contributed by atoms with van der Waals surface area (Å²) in [7, 11) is 0. The number of nitrogens with one attached hydrogen (secondary N) is 2. The lowest BCUT2D eigenvalue weighted by molar-refractivity contribution is -0.116. The first-order valence-corrected chi connectivity index (χ1v) is 6.20. The molecule has 0 radical (unpaired) electrons. The third-order valence-corrected chi connectivity index (χ3v) is 2.65. The highest BCUT2D eigenvalue weighted by molar-refractivity contribution is 9.10. The van der Waals surface area contributed by atoms with Crippen LogP contribution in [0.5, 0.6) is 0 Å². The van der Waals surface area contributed by atoms with Gasteiger partial charge in [-0.1, -0.05) is 28.9 Å². The van der Waals surface area contributed by atoms with E-state index in [-0.39, 0.29) is 11.9 Å². The summed E-state index contributed by atoms with van der Waals surface area (Å²) in [6.07, 6.45) is 0.486. The van der Waals surface area contributed by atoms with Crippen LogP contribution in [0.4, 0.5) is 5.69 Å². The Morgan fingerprint density at radius 1 is 1.50 bits per heavy atom. The average Bonchev–Trinajstić information content (AvgIpc) is 2.17. The highest BCUT2D eigenvalue weighted by atomic mass is 79.9. The molecular weight excluding hydrogens is 268 g/mol. The molecule has 1 rings (SSSR count). The van der Waals surface area contributed by atoms with E-state index in [1.54, 1.807) is 0 Å². The lowest BCUT2D eigenvalue weighted by Crippen LogP contribution is -2.30. The van der Waals surface area contributed by atoms with Gasteiger partial charge in [-0.15, -0.1) is 0 Å². The van der Waals surface area contributed by atoms with Gasteiger partial charge in [-0.2, -0.15) is 0 Å². The molecule has 0 bridgehead atoms. The zero-order valence-electron chi connectivity index (χ0n) is 9.59. The molecule has 0 fully saturated rings. The fourth-order valence-corrected chi connectivity index (χ4v) is 1.88. The van der Waals surface area contributed by atoms with Crippen LogP contribution in [0, 0.1) is 0 Å². The third-order valence-electron chi connectivity index (χ3n) is 2.15. The predicted octanol–water partition coefficient (Wildman–Crippen LogP) is 2.78. The van der Waals surface area contributed by atoms with Crippen LogP contribution in [0.25, 0.3) is 0 Å². The van der Waals surface area contributed by atoms with Crippen LogP contribution in [0.3, 0.4) is 0 Å². The summed E-state index contributed by atoms with van der Waals surface area (Å²) < 4.78 is 0.963. The second kappa shape index (κ2) is 6.66. The van der Waals surface area contributed by atoms with Crippen molar-refractivity contribution in [2.75, 3.05) is 11.9 Å². The summed E-state index contributed by atoms with van der Waals surface area (Å²) in [4.78, 5) is 11.6. The molecular formula is C12H17BrN2O. The molecule has 1 amide bonds. The van der Waals surface area contributed by atoms with Gasteiger partial charge in [0.05, 0.1) is 0 Å². The first-order chi connectivity index (χ1) is 7.61. The van der Waals surface area contributed by atoms with Gasteiger partial charge in [0.15, 0.2) is 0 Å². The fraction of sp³-hybridized carbons (Fsp3) is 0.417. The number of halogens is 1. The molecule has 1 aromatic carbocycles. The topological polar surface area (TPSA) is 41.1 Å². The second-order valence-corrected chi connectivity index (χ2v) is 4.64. The van der Waals surface area contributed by atoms with E-state index >= 15 is 0 Å². The largest absolute Gasteiger partial charge is 0.326 e. The summed E-state index contributed by atoms with van der Waals surface area (Å²) in [6.45, 7) is 4.91. The van der Waals surface area contributed by atoms with Crippen molar-refractivity contribution in [3.8, 4) is 0 Å². The van der Waals surface area contributed by atoms with Crippen molar-refractivity contribution in [3.63, 3.8) is 0 Å². The molecule has 0 aromatic heterocycles. The van der Waals surface area contributed by atoms with E-state index < -0.39 is 0 Å². The molecule has 0 spiro atoms. The van der Waals surface area contributed by atoms with Crippen LogP contribution in [-0.4, -0.2) is 18.5 Å². The maximum absolute atomic E-state index is 11.6. The van der Waals surface area contributed by atoms with Crippen LogP contribution in [0.15, 0.2) is 28.7 Å². The van der Waals surface area contributed by atoms with Crippen molar-refractivity contribution in [3.05, 3.63) is 28.7 Å². The van der Waals surface area contributed by atoms with Gasteiger partial charge in [-0.25, -0.2) is 0 Å². The average molecular weight is 285 g/mol. The lowest BCUT2D eigenvalue weighted by atomic mass is 10.2. The molecule has 4 heteroatoms. The molecule has 0 saturated carbocycles. The maximum atomic E-state index is 11.6. The Morgan fingerprint density at radius 3 is 2.88 bits per heavy atom. The maximum Gasteiger partial charge on any atom is 0.225 e. The number of hydrogen-bond acceptors (Lipinski definition) is 2. The van der Waals surface area contributed by atoms with E-state index in [0.717, 1.165) is 16.7 Å². The molecule has 1 atom stereocenters.